The van der Waals surface area contributed by atoms with Crippen LogP contribution in [0.4, 0.5) is 11.8 Å². The summed E-state index contributed by atoms with van der Waals surface area (Å²) in [5.41, 5.74) is 3.46. The predicted molar refractivity (Wildman–Crippen MR) is 120 cm³/mol. The van der Waals surface area contributed by atoms with E-state index >= 15 is 0 Å². The number of aromatic nitrogens is 2. The summed E-state index contributed by atoms with van der Waals surface area (Å²) in [5.74, 6) is 1.73. The Morgan fingerprint density at radius 2 is 1.55 bits per heavy atom. The van der Waals surface area contributed by atoms with Gasteiger partial charge in [0.1, 0.15) is 5.82 Å². The molecule has 0 amide bonds. The number of nitrogens with zero attached hydrogens (tertiary/aromatic N) is 4. The number of benzene rings is 2. The second kappa shape index (κ2) is 9.52. The van der Waals surface area contributed by atoms with E-state index in [0.717, 1.165) is 62.6 Å². The van der Waals surface area contributed by atoms with Crippen LogP contribution in [-0.2, 0) is 6.42 Å². The van der Waals surface area contributed by atoms with Crippen LogP contribution in [0.25, 0.3) is 11.3 Å². The second-order valence-corrected chi connectivity index (χ2v) is 7.61. The Kier molecular flexibility index (Phi) is 6.37. The van der Waals surface area contributed by atoms with E-state index in [0.29, 0.717) is 5.95 Å². The summed E-state index contributed by atoms with van der Waals surface area (Å²) < 4.78 is 0. The smallest absolute Gasteiger partial charge is 0.225 e. The fraction of sp³-hybridized carbons (Fsp3) is 0.333. The van der Waals surface area contributed by atoms with Crippen LogP contribution in [0.1, 0.15) is 12.0 Å². The van der Waals surface area contributed by atoms with Crippen molar-refractivity contribution in [2.75, 3.05) is 50.0 Å². The lowest BCUT2D eigenvalue weighted by Gasteiger charge is -2.33. The molecular formula is C24H29N5. The first-order chi connectivity index (χ1) is 14.3. The van der Waals surface area contributed by atoms with Crippen LogP contribution in [0.15, 0.2) is 66.7 Å². The molecule has 0 radical (unpaired) electrons. The van der Waals surface area contributed by atoms with Gasteiger partial charge in [-0.05, 0) is 25.5 Å². The van der Waals surface area contributed by atoms with E-state index in [4.69, 9.17) is 9.97 Å². The van der Waals surface area contributed by atoms with Crippen molar-refractivity contribution in [3.8, 4) is 11.3 Å². The van der Waals surface area contributed by atoms with Gasteiger partial charge in [-0.15, -0.1) is 0 Å². The quantitative estimate of drug-likeness (QED) is 0.622. The number of nitrogens with one attached hydrogen (secondary N) is 1. The molecule has 3 aromatic rings. The minimum Gasteiger partial charge on any atom is -0.354 e. The lowest BCUT2D eigenvalue weighted by Crippen LogP contribution is -2.44. The van der Waals surface area contributed by atoms with Gasteiger partial charge in [0.15, 0.2) is 0 Å². The number of piperazine rings is 1. The van der Waals surface area contributed by atoms with Crippen LogP contribution < -0.4 is 10.2 Å². The molecule has 2 heterocycles. The summed E-state index contributed by atoms with van der Waals surface area (Å²) in [6, 6.07) is 23.1. The van der Waals surface area contributed by atoms with Crippen LogP contribution in [0.2, 0.25) is 0 Å². The van der Waals surface area contributed by atoms with E-state index < -0.39 is 0 Å². The molecule has 1 aliphatic heterocycles. The molecular weight excluding hydrogens is 358 g/mol. The average molecular weight is 388 g/mol. The molecule has 1 fully saturated rings. The van der Waals surface area contributed by atoms with Crippen molar-refractivity contribution in [1.82, 2.24) is 14.9 Å². The second-order valence-electron chi connectivity index (χ2n) is 7.61. The van der Waals surface area contributed by atoms with E-state index in [2.05, 4.69) is 82.8 Å². The fourth-order valence-electron chi connectivity index (χ4n) is 3.61. The van der Waals surface area contributed by atoms with Crippen LogP contribution >= 0.6 is 0 Å². The number of likely N-dealkylation sites (N-methyl/N-ethyl adjacent to an activating group) is 1. The van der Waals surface area contributed by atoms with Gasteiger partial charge in [0, 0.05) is 44.4 Å². The number of aryl methyl sites for hydroxylation is 1. The highest BCUT2D eigenvalue weighted by atomic mass is 15.3. The normalized spacial score (nSPS) is 14.7. The average Bonchev–Trinajstić information content (AvgIpc) is 2.78. The highest BCUT2D eigenvalue weighted by Crippen LogP contribution is 2.24. The molecule has 0 aliphatic carbocycles. The van der Waals surface area contributed by atoms with Gasteiger partial charge in [-0.25, -0.2) is 4.98 Å². The molecule has 29 heavy (non-hydrogen) atoms. The van der Waals surface area contributed by atoms with Crippen molar-refractivity contribution in [3.63, 3.8) is 0 Å². The highest BCUT2D eigenvalue weighted by Gasteiger charge is 2.17. The van der Waals surface area contributed by atoms with Crippen molar-refractivity contribution >= 4 is 11.8 Å². The maximum atomic E-state index is 4.84. The molecule has 4 rings (SSSR count). The SMILES string of the molecule is CN1CCN(c2cc(-c3ccccc3)nc(NCCCc3ccccc3)n2)CC1. The standard InChI is InChI=1S/C24H29N5/c1-28-15-17-29(18-16-28)23-19-22(21-12-6-3-7-13-21)26-24(27-23)25-14-8-11-20-9-4-2-5-10-20/h2-7,9-10,12-13,19H,8,11,14-18H2,1H3,(H,25,26,27). The fourth-order valence-corrected chi connectivity index (χ4v) is 3.61. The maximum absolute atomic E-state index is 4.84. The van der Waals surface area contributed by atoms with Gasteiger partial charge in [0.05, 0.1) is 5.69 Å². The largest absolute Gasteiger partial charge is 0.354 e. The number of anilines is 2. The van der Waals surface area contributed by atoms with Crippen molar-refractivity contribution < 1.29 is 0 Å². The molecule has 5 nitrogen and oxygen atoms in total. The Balaban J connectivity index is 1.48. The first-order valence-electron chi connectivity index (χ1n) is 10.4. The van der Waals surface area contributed by atoms with E-state index in [1.165, 1.54) is 5.56 Å². The van der Waals surface area contributed by atoms with Gasteiger partial charge in [-0.3, -0.25) is 0 Å². The monoisotopic (exact) mass is 387 g/mol. The number of hydrogen-bond acceptors (Lipinski definition) is 5. The Labute approximate surface area is 173 Å². The molecule has 0 unspecified atom stereocenters. The molecule has 2 aromatic carbocycles. The molecule has 0 saturated carbocycles. The van der Waals surface area contributed by atoms with Crippen LogP contribution in [0, 0.1) is 0 Å². The molecule has 1 aromatic heterocycles. The third-order valence-electron chi connectivity index (χ3n) is 5.38. The molecule has 0 spiro atoms. The third kappa shape index (κ3) is 5.33. The van der Waals surface area contributed by atoms with Crippen molar-refractivity contribution in [3.05, 3.63) is 72.3 Å². The number of hydrogen-bond donors (Lipinski definition) is 1. The van der Waals surface area contributed by atoms with Crippen LogP contribution in [0.3, 0.4) is 0 Å². The van der Waals surface area contributed by atoms with Crippen molar-refractivity contribution in [1.29, 1.82) is 0 Å². The summed E-state index contributed by atoms with van der Waals surface area (Å²) in [4.78, 5) is 14.4. The van der Waals surface area contributed by atoms with Crippen LogP contribution in [-0.4, -0.2) is 54.6 Å². The first-order valence-corrected chi connectivity index (χ1v) is 10.4. The molecule has 1 N–H and O–H groups in total. The third-order valence-corrected chi connectivity index (χ3v) is 5.38. The molecule has 0 bridgehead atoms. The summed E-state index contributed by atoms with van der Waals surface area (Å²) in [5, 5.41) is 3.45. The minimum absolute atomic E-state index is 0.716. The van der Waals surface area contributed by atoms with Gasteiger partial charge < -0.3 is 15.1 Å². The molecule has 0 atom stereocenters. The lowest BCUT2D eigenvalue weighted by molar-refractivity contribution is 0.312. The lowest BCUT2D eigenvalue weighted by atomic mass is 10.1. The van der Waals surface area contributed by atoms with Gasteiger partial charge >= 0.3 is 0 Å². The summed E-state index contributed by atoms with van der Waals surface area (Å²) in [6.07, 6.45) is 2.10. The summed E-state index contributed by atoms with van der Waals surface area (Å²) in [6.45, 7) is 4.97. The topological polar surface area (TPSA) is 44.3 Å². The molecule has 1 aliphatic rings. The van der Waals surface area contributed by atoms with Gasteiger partial charge in [0.2, 0.25) is 5.95 Å². The Morgan fingerprint density at radius 1 is 0.862 bits per heavy atom. The van der Waals surface area contributed by atoms with E-state index in [1.807, 2.05) is 6.07 Å². The van der Waals surface area contributed by atoms with E-state index in [-0.39, 0.29) is 0 Å². The molecule has 5 heteroatoms. The van der Waals surface area contributed by atoms with Crippen LogP contribution in [0.5, 0.6) is 0 Å². The zero-order valence-electron chi connectivity index (χ0n) is 17.1. The summed E-state index contributed by atoms with van der Waals surface area (Å²) >= 11 is 0. The predicted octanol–water partition coefficient (Wildman–Crippen LogP) is 3.94. The molecule has 1 saturated heterocycles. The Hall–Kier alpha value is -2.92. The number of rotatable bonds is 7. The minimum atomic E-state index is 0.716. The van der Waals surface area contributed by atoms with E-state index in [1.54, 1.807) is 0 Å². The van der Waals surface area contributed by atoms with Gasteiger partial charge in [-0.1, -0.05) is 60.7 Å². The van der Waals surface area contributed by atoms with E-state index in [9.17, 15) is 0 Å². The summed E-state index contributed by atoms with van der Waals surface area (Å²) in [7, 11) is 2.17. The molecule has 150 valence electrons. The highest BCUT2D eigenvalue weighted by molar-refractivity contribution is 5.64. The van der Waals surface area contributed by atoms with Crippen molar-refractivity contribution in [2.45, 2.75) is 12.8 Å². The first kappa shape index (κ1) is 19.4. The zero-order valence-corrected chi connectivity index (χ0v) is 17.1. The van der Waals surface area contributed by atoms with Gasteiger partial charge in [-0.2, -0.15) is 4.98 Å². The zero-order chi connectivity index (χ0) is 19.9. The Morgan fingerprint density at radius 3 is 2.28 bits per heavy atom. The Bertz CT molecular complexity index is 890. The van der Waals surface area contributed by atoms with Gasteiger partial charge in [0.25, 0.3) is 0 Å². The van der Waals surface area contributed by atoms with Crippen molar-refractivity contribution in [2.24, 2.45) is 0 Å². The maximum Gasteiger partial charge on any atom is 0.225 e.